The molecule has 2 aromatic carbocycles. The Morgan fingerprint density at radius 3 is 2.07 bits per heavy atom. The summed E-state index contributed by atoms with van der Waals surface area (Å²) in [6.07, 6.45) is 0. The van der Waals surface area contributed by atoms with Gasteiger partial charge in [-0.3, -0.25) is 9.89 Å². The highest BCUT2D eigenvalue weighted by molar-refractivity contribution is 6.30. The third kappa shape index (κ3) is 3.03. The molecule has 1 aliphatic rings. The van der Waals surface area contributed by atoms with Gasteiger partial charge >= 0.3 is 0 Å². The number of rotatable bonds is 2. The van der Waals surface area contributed by atoms with Crippen molar-refractivity contribution in [3.63, 3.8) is 0 Å². The van der Waals surface area contributed by atoms with Crippen molar-refractivity contribution >= 4 is 29.1 Å². The van der Waals surface area contributed by atoms with E-state index in [1.54, 1.807) is 0 Å². The van der Waals surface area contributed by atoms with Crippen molar-refractivity contribution in [3.8, 4) is 11.3 Å². The first kappa shape index (κ1) is 18.1. The van der Waals surface area contributed by atoms with Gasteiger partial charge in [-0.1, -0.05) is 47.5 Å². The number of benzene rings is 2. The maximum atomic E-state index is 13.2. The Hall–Kier alpha value is -2.30. The molecule has 138 valence electrons. The molecule has 27 heavy (non-hydrogen) atoms. The molecular formula is C21H19Cl2N3O. The van der Waals surface area contributed by atoms with E-state index in [0.29, 0.717) is 15.7 Å². The molecule has 1 unspecified atom stereocenters. The SMILES string of the molecule is CC(C)(C)N1C(=O)c2[nH]nc(-c3ccc(Cl)cc3)c2C1c1ccc(Cl)cc1. The van der Waals surface area contributed by atoms with Crippen molar-refractivity contribution in [2.24, 2.45) is 0 Å². The predicted molar refractivity (Wildman–Crippen MR) is 108 cm³/mol. The van der Waals surface area contributed by atoms with Gasteiger partial charge in [0.2, 0.25) is 0 Å². The van der Waals surface area contributed by atoms with Crippen LogP contribution in [0.1, 0.15) is 48.4 Å². The molecule has 0 saturated heterocycles. The van der Waals surface area contributed by atoms with Gasteiger partial charge in [-0.15, -0.1) is 0 Å². The van der Waals surface area contributed by atoms with E-state index in [9.17, 15) is 4.79 Å². The highest BCUT2D eigenvalue weighted by atomic mass is 35.5. The Morgan fingerprint density at radius 2 is 1.52 bits per heavy atom. The number of nitrogens with zero attached hydrogens (tertiary/aromatic N) is 2. The van der Waals surface area contributed by atoms with Crippen LogP contribution in [0.5, 0.6) is 0 Å². The number of fused-ring (bicyclic) bond motifs is 1. The molecule has 4 nitrogen and oxygen atoms in total. The smallest absolute Gasteiger partial charge is 0.273 e. The number of hydrogen-bond acceptors (Lipinski definition) is 2. The number of H-pyrrole nitrogens is 1. The summed E-state index contributed by atoms with van der Waals surface area (Å²) >= 11 is 12.1. The summed E-state index contributed by atoms with van der Waals surface area (Å²) in [5, 5.41) is 8.74. The first-order valence-electron chi connectivity index (χ1n) is 8.70. The van der Waals surface area contributed by atoms with E-state index in [1.165, 1.54) is 0 Å². The molecule has 0 bridgehead atoms. The molecular weight excluding hydrogens is 381 g/mol. The molecule has 2 heterocycles. The second-order valence-electron chi connectivity index (χ2n) is 7.67. The van der Waals surface area contributed by atoms with Gasteiger partial charge in [-0.25, -0.2) is 0 Å². The van der Waals surface area contributed by atoms with Crippen molar-refractivity contribution in [2.75, 3.05) is 0 Å². The summed E-state index contributed by atoms with van der Waals surface area (Å²) in [7, 11) is 0. The molecule has 0 aliphatic carbocycles. The normalized spacial score (nSPS) is 16.7. The largest absolute Gasteiger partial charge is 0.321 e. The fourth-order valence-electron chi connectivity index (χ4n) is 3.63. The van der Waals surface area contributed by atoms with Crippen LogP contribution in [0.25, 0.3) is 11.3 Å². The number of halogens is 2. The molecule has 1 aromatic heterocycles. The number of carbonyl (C=O) groups excluding carboxylic acids is 1. The monoisotopic (exact) mass is 399 g/mol. The van der Waals surface area contributed by atoms with Crippen LogP contribution in [0.2, 0.25) is 10.0 Å². The van der Waals surface area contributed by atoms with E-state index in [4.69, 9.17) is 23.2 Å². The maximum absolute atomic E-state index is 13.2. The summed E-state index contributed by atoms with van der Waals surface area (Å²) in [5.41, 5.74) is 3.74. The molecule has 3 aromatic rings. The van der Waals surface area contributed by atoms with Crippen molar-refractivity contribution in [1.29, 1.82) is 0 Å². The van der Waals surface area contributed by atoms with E-state index < -0.39 is 0 Å². The molecule has 0 spiro atoms. The van der Waals surface area contributed by atoms with Crippen LogP contribution in [0.4, 0.5) is 0 Å². The lowest BCUT2D eigenvalue weighted by Crippen LogP contribution is -2.44. The fourth-order valence-corrected chi connectivity index (χ4v) is 3.88. The van der Waals surface area contributed by atoms with E-state index in [0.717, 1.165) is 22.4 Å². The molecule has 1 aliphatic heterocycles. The zero-order valence-corrected chi connectivity index (χ0v) is 16.8. The molecule has 1 atom stereocenters. The quantitative estimate of drug-likeness (QED) is 0.598. The van der Waals surface area contributed by atoms with Crippen molar-refractivity contribution < 1.29 is 4.79 Å². The maximum Gasteiger partial charge on any atom is 0.273 e. The van der Waals surface area contributed by atoms with Crippen LogP contribution in [0.3, 0.4) is 0 Å². The lowest BCUT2D eigenvalue weighted by molar-refractivity contribution is 0.0546. The van der Waals surface area contributed by atoms with Gasteiger partial charge in [0.05, 0.1) is 11.7 Å². The van der Waals surface area contributed by atoms with Crippen molar-refractivity contribution in [2.45, 2.75) is 32.4 Å². The predicted octanol–water partition coefficient (Wildman–Crippen LogP) is 5.73. The number of nitrogens with one attached hydrogen (secondary N) is 1. The summed E-state index contributed by atoms with van der Waals surface area (Å²) in [6.45, 7) is 6.11. The molecule has 1 N–H and O–H groups in total. The van der Waals surface area contributed by atoms with E-state index in [2.05, 4.69) is 10.2 Å². The minimum atomic E-state index is -0.363. The highest BCUT2D eigenvalue weighted by Crippen LogP contribution is 2.46. The third-order valence-electron chi connectivity index (χ3n) is 4.79. The van der Waals surface area contributed by atoms with Crippen LogP contribution in [0.15, 0.2) is 48.5 Å². The summed E-state index contributed by atoms with van der Waals surface area (Å²) in [4.78, 5) is 15.1. The van der Waals surface area contributed by atoms with E-state index in [1.807, 2.05) is 74.2 Å². The first-order chi connectivity index (χ1) is 12.8. The van der Waals surface area contributed by atoms with Gasteiger partial charge in [0.15, 0.2) is 0 Å². The third-order valence-corrected chi connectivity index (χ3v) is 5.30. The summed E-state index contributed by atoms with van der Waals surface area (Å²) in [5.74, 6) is -0.0508. The number of aromatic nitrogens is 2. The van der Waals surface area contributed by atoms with Crippen molar-refractivity contribution in [1.82, 2.24) is 15.1 Å². The van der Waals surface area contributed by atoms with Crippen LogP contribution >= 0.6 is 23.2 Å². The molecule has 6 heteroatoms. The van der Waals surface area contributed by atoms with Crippen LogP contribution in [-0.4, -0.2) is 26.5 Å². The summed E-state index contributed by atoms with van der Waals surface area (Å²) < 4.78 is 0. The second kappa shape index (κ2) is 6.39. The minimum absolute atomic E-state index is 0.0508. The Bertz CT molecular complexity index is 1000. The van der Waals surface area contributed by atoms with E-state index in [-0.39, 0.29) is 17.5 Å². The number of amides is 1. The second-order valence-corrected chi connectivity index (χ2v) is 8.54. The Balaban J connectivity index is 1.93. The molecule has 1 amide bonds. The molecule has 4 rings (SSSR count). The average Bonchev–Trinajstić information content (AvgIpc) is 3.15. The van der Waals surface area contributed by atoms with Gasteiger partial charge in [0.1, 0.15) is 5.69 Å². The number of hydrogen-bond donors (Lipinski definition) is 1. The Kier molecular flexibility index (Phi) is 4.28. The van der Waals surface area contributed by atoms with Crippen LogP contribution < -0.4 is 0 Å². The zero-order chi connectivity index (χ0) is 19.3. The lowest BCUT2D eigenvalue weighted by atomic mass is 9.94. The Morgan fingerprint density at radius 1 is 0.963 bits per heavy atom. The van der Waals surface area contributed by atoms with Gasteiger partial charge in [0.25, 0.3) is 5.91 Å². The van der Waals surface area contributed by atoms with Crippen LogP contribution in [-0.2, 0) is 0 Å². The topological polar surface area (TPSA) is 49.0 Å². The zero-order valence-electron chi connectivity index (χ0n) is 15.3. The number of carbonyl (C=O) groups is 1. The fraction of sp³-hybridized carbons (Fsp3) is 0.238. The lowest BCUT2D eigenvalue weighted by Gasteiger charge is -2.37. The molecule has 0 radical (unpaired) electrons. The van der Waals surface area contributed by atoms with Gasteiger partial charge in [-0.2, -0.15) is 5.10 Å². The van der Waals surface area contributed by atoms with Gasteiger partial charge < -0.3 is 4.90 Å². The highest BCUT2D eigenvalue weighted by Gasteiger charge is 2.46. The van der Waals surface area contributed by atoms with Crippen LogP contribution in [0, 0.1) is 0 Å². The molecule has 0 fully saturated rings. The average molecular weight is 400 g/mol. The first-order valence-corrected chi connectivity index (χ1v) is 9.46. The standard InChI is InChI=1S/C21H19Cl2N3O/c1-21(2,3)26-19(13-6-10-15(23)11-7-13)16-17(24-25-18(16)20(26)27)12-4-8-14(22)9-5-12/h4-11,19H,1-3H3,(H,24,25). The number of aromatic amines is 1. The van der Waals surface area contributed by atoms with Crippen molar-refractivity contribution in [3.05, 3.63) is 75.4 Å². The van der Waals surface area contributed by atoms with E-state index >= 15 is 0 Å². The minimum Gasteiger partial charge on any atom is -0.321 e. The Labute approximate surface area is 168 Å². The molecule has 0 saturated carbocycles. The summed E-state index contributed by atoms with van der Waals surface area (Å²) in [6, 6.07) is 14.9. The van der Waals surface area contributed by atoms with Gasteiger partial charge in [-0.05, 0) is 50.6 Å². The van der Waals surface area contributed by atoms with Gasteiger partial charge in [0, 0.05) is 26.7 Å².